The van der Waals surface area contributed by atoms with Crippen molar-refractivity contribution in [1.29, 1.82) is 0 Å². The summed E-state index contributed by atoms with van der Waals surface area (Å²) in [5.74, 6) is 0.0909. The van der Waals surface area contributed by atoms with Crippen molar-refractivity contribution >= 4 is 17.7 Å². The first-order valence-corrected chi connectivity index (χ1v) is 15.7. The van der Waals surface area contributed by atoms with Crippen LogP contribution in [0.15, 0.2) is 36.4 Å². The highest BCUT2D eigenvalue weighted by Gasteiger charge is 2.38. The molecule has 0 bridgehead atoms. The summed E-state index contributed by atoms with van der Waals surface area (Å²) in [4.78, 5) is 17.3. The summed E-state index contributed by atoms with van der Waals surface area (Å²) in [6.45, 7) is 14.6. The standard InChI is InChI=1S/C26H34F6N6O2.C4H5F3.C2H6/c1-6-22(16(2)3)40-24(39)38-13-9-10-20(18-14-17(4)19(15-21(18)38)26(30,31)32)37(23-33-35-36(5)34-23)12-8-7-11-25(27,28)29;1-3(2)4(5,6)7;1-2/h7-8,14-16,20,22H,6,9-13H2,1-5H3;1H2,2H3;1-2H3/b8-7+;;. The Labute approximate surface area is 281 Å². The number of aryl methyl sites for hydroxylation is 2. The molecule has 1 aliphatic rings. The van der Waals surface area contributed by atoms with Gasteiger partial charge in [-0.25, -0.2) is 4.79 Å². The number of hydrogen-bond donors (Lipinski definition) is 0. The summed E-state index contributed by atoms with van der Waals surface area (Å²) < 4.78 is 119. The topological polar surface area (TPSA) is 76.4 Å². The monoisotopic (exact) mass is 716 g/mol. The minimum absolute atomic E-state index is 0.00129. The Morgan fingerprint density at radius 3 is 2.14 bits per heavy atom. The average Bonchev–Trinajstić information content (AvgIpc) is 3.33. The average molecular weight is 717 g/mol. The number of halogens is 9. The maximum absolute atomic E-state index is 14.0. The van der Waals surface area contributed by atoms with E-state index in [9.17, 15) is 44.3 Å². The molecule has 2 aromatic rings. The van der Waals surface area contributed by atoms with Crippen molar-refractivity contribution in [3.05, 3.63) is 53.1 Å². The summed E-state index contributed by atoms with van der Waals surface area (Å²) in [7, 11) is 1.52. The van der Waals surface area contributed by atoms with E-state index in [1.165, 1.54) is 35.8 Å². The van der Waals surface area contributed by atoms with Crippen LogP contribution in [0.5, 0.6) is 0 Å². The molecule has 0 saturated carbocycles. The molecular formula is C32H45F9N6O2. The normalized spacial score (nSPS) is 15.8. The molecule has 1 amide bonds. The first-order chi connectivity index (χ1) is 22.6. The van der Waals surface area contributed by atoms with Gasteiger partial charge < -0.3 is 9.64 Å². The zero-order valence-electron chi connectivity index (χ0n) is 28.9. The molecule has 1 aliphatic heterocycles. The minimum atomic E-state index is -4.67. The molecule has 49 heavy (non-hydrogen) atoms. The molecule has 2 atom stereocenters. The quantitative estimate of drug-likeness (QED) is 0.200. The van der Waals surface area contributed by atoms with Gasteiger partial charge in [-0.05, 0) is 61.4 Å². The van der Waals surface area contributed by atoms with Crippen molar-refractivity contribution in [3.63, 3.8) is 0 Å². The number of anilines is 2. The summed E-state index contributed by atoms with van der Waals surface area (Å²) >= 11 is 0. The van der Waals surface area contributed by atoms with Crippen molar-refractivity contribution < 1.29 is 49.0 Å². The Morgan fingerprint density at radius 1 is 1.10 bits per heavy atom. The number of alkyl halides is 9. The summed E-state index contributed by atoms with van der Waals surface area (Å²) in [6.07, 6.45) is -12.0. The number of ether oxygens (including phenoxy) is 1. The number of carbonyl (C=O) groups excluding carboxylic acids is 1. The van der Waals surface area contributed by atoms with E-state index in [0.29, 0.717) is 24.8 Å². The van der Waals surface area contributed by atoms with Crippen molar-refractivity contribution in [1.82, 2.24) is 20.2 Å². The number of tetrazole rings is 1. The van der Waals surface area contributed by atoms with Crippen LogP contribution >= 0.6 is 0 Å². The van der Waals surface area contributed by atoms with E-state index in [2.05, 4.69) is 22.0 Å². The lowest BCUT2D eigenvalue weighted by atomic mass is 9.95. The molecule has 0 spiro atoms. The number of rotatable bonds is 8. The zero-order chi connectivity index (χ0) is 37.9. The number of nitrogens with zero attached hydrogens (tertiary/aromatic N) is 6. The fourth-order valence-corrected chi connectivity index (χ4v) is 4.78. The highest BCUT2D eigenvalue weighted by Crippen LogP contribution is 2.43. The number of aromatic nitrogens is 4. The first kappa shape index (κ1) is 43.2. The molecule has 0 fully saturated rings. The van der Waals surface area contributed by atoms with Gasteiger partial charge in [-0.15, -0.1) is 5.10 Å². The second kappa shape index (κ2) is 18.3. The molecule has 3 rings (SSSR count). The fraction of sp³-hybridized carbons (Fsp3) is 0.625. The number of amides is 1. The molecule has 17 heteroatoms. The Balaban J connectivity index is 0.00000118. The lowest BCUT2D eigenvalue weighted by Gasteiger charge is -2.32. The molecule has 8 nitrogen and oxygen atoms in total. The predicted octanol–water partition coefficient (Wildman–Crippen LogP) is 9.92. The molecule has 278 valence electrons. The van der Waals surface area contributed by atoms with Crippen LogP contribution in [0.2, 0.25) is 0 Å². The largest absolute Gasteiger partial charge is 0.446 e. The Kier molecular flexibility index (Phi) is 16.1. The van der Waals surface area contributed by atoms with Crippen LogP contribution in [0.4, 0.5) is 55.9 Å². The second-order valence-corrected chi connectivity index (χ2v) is 11.4. The van der Waals surface area contributed by atoms with Crippen LogP contribution in [0.3, 0.4) is 0 Å². The van der Waals surface area contributed by atoms with Gasteiger partial charge in [0.2, 0.25) is 0 Å². The van der Waals surface area contributed by atoms with E-state index in [1.807, 2.05) is 34.6 Å². The maximum atomic E-state index is 14.0. The first-order valence-electron chi connectivity index (χ1n) is 15.7. The van der Waals surface area contributed by atoms with Crippen molar-refractivity contribution in [2.45, 2.75) is 105 Å². The SMILES string of the molecule is C=C(C)C(F)(F)F.CC.CCC(OC(=O)N1CCCC(N(C/C=C/CC(F)(F)F)c2nnn(C)n2)c2cc(C)c(C(F)(F)F)cc21)C(C)C. The predicted molar refractivity (Wildman–Crippen MR) is 169 cm³/mol. The number of fused-ring (bicyclic) bond motifs is 1. The van der Waals surface area contributed by atoms with Gasteiger partial charge in [-0.2, -0.15) is 44.3 Å². The third-order valence-electron chi connectivity index (χ3n) is 7.24. The van der Waals surface area contributed by atoms with Crippen LogP contribution in [0, 0.1) is 12.8 Å². The molecule has 1 aromatic heterocycles. The van der Waals surface area contributed by atoms with E-state index >= 15 is 0 Å². The number of carbonyl (C=O) groups is 1. The van der Waals surface area contributed by atoms with Crippen molar-refractivity contribution in [2.24, 2.45) is 13.0 Å². The molecule has 0 saturated heterocycles. The molecule has 2 heterocycles. The van der Waals surface area contributed by atoms with Crippen LogP contribution in [0.25, 0.3) is 0 Å². The van der Waals surface area contributed by atoms with Gasteiger partial charge in [-0.3, -0.25) is 4.90 Å². The van der Waals surface area contributed by atoms with E-state index in [-0.39, 0.29) is 36.2 Å². The number of allylic oxidation sites excluding steroid dienone is 2. The van der Waals surface area contributed by atoms with E-state index in [0.717, 1.165) is 19.1 Å². The van der Waals surface area contributed by atoms with Gasteiger partial charge >= 0.3 is 24.6 Å². The van der Waals surface area contributed by atoms with Gasteiger partial charge in [0.15, 0.2) is 0 Å². The summed E-state index contributed by atoms with van der Waals surface area (Å²) in [6, 6.07) is 1.65. The third-order valence-corrected chi connectivity index (χ3v) is 7.24. The smallest absolute Gasteiger partial charge is 0.416 e. The molecule has 0 aliphatic carbocycles. The minimum Gasteiger partial charge on any atom is -0.446 e. The van der Waals surface area contributed by atoms with E-state index in [4.69, 9.17) is 4.74 Å². The van der Waals surface area contributed by atoms with Gasteiger partial charge in [-0.1, -0.05) is 64.5 Å². The third kappa shape index (κ3) is 13.2. The summed E-state index contributed by atoms with van der Waals surface area (Å²) in [5, 5.41) is 12.0. The van der Waals surface area contributed by atoms with Crippen LogP contribution in [-0.4, -0.2) is 57.8 Å². The Morgan fingerprint density at radius 2 is 1.69 bits per heavy atom. The summed E-state index contributed by atoms with van der Waals surface area (Å²) in [5.41, 5.74) is -1.30. The van der Waals surface area contributed by atoms with Gasteiger partial charge in [0.25, 0.3) is 5.95 Å². The number of benzene rings is 1. The Bertz CT molecular complexity index is 1380. The van der Waals surface area contributed by atoms with Crippen LogP contribution in [0.1, 0.15) is 90.0 Å². The van der Waals surface area contributed by atoms with E-state index in [1.54, 1.807) is 4.90 Å². The highest BCUT2D eigenvalue weighted by molar-refractivity contribution is 5.89. The lowest BCUT2D eigenvalue weighted by Crippen LogP contribution is -2.37. The highest BCUT2D eigenvalue weighted by atomic mass is 19.4. The number of hydrogen-bond acceptors (Lipinski definition) is 6. The maximum Gasteiger partial charge on any atom is 0.416 e. The molecule has 1 aromatic carbocycles. The van der Waals surface area contributed by atoms with Gasteiger partial charge in [0.1, 0.15) is 6.10 Å². The van der Waals surface area contributed by atoms with Crippen LogP contribution < -0.4 is 9.80 Å². The lowest BCUT2D eigenvalue weighted by molar-refractivity contribution is -0.138. The van der Waals surface area contributed by atoms with Crippen molar-refractivity contribution in [2.75, 3.05) is 22.9 Å². The molecule has 0 N–H and O–H groups in total. The fourth-order valence-electron chi connectivity index (χ4n) is 4.78. The second-order valence-electron chi connectivity index (χ2n) is 11.4. The molecular weight excluding hydrogens is 671 g/mol. The molecule has 0 radical (unpaired) electrons. The van der Waals surface area contributed by atoms with Crippen LogP contribution in [-0.2, 0) is 18.0 Å². The van der Waals surface area contributed by atoms with Gasteiger partial charge in [0, 0.05) is 18.7 Å². The Hall–Kier alpha value is -3.79. The van der Waals surface area contributed by atoms with Crippen molar-refractivity contribution in [3.8, 4) is 0 Å². The zero-order valence-corrected chi connectivity index (χ0v) is 28.9. The van der Waals surface area contributed by atoms with Gasteiger partial charge in [0.05, 0.1) is 30.8 Å². The van der Waals surface area contributed by atoms with E-state index < -0.39 is 54.3 Å². The molecule has 2 unspecified atom stereocenters.